The van der Waals surface area contributed by atoms with Crippen LogP contribution in [0.25, 0.3) is 0 Å². The summed E-state index contributed by atoms with van der Waals surface area (Å²) in [5.74, 6) is -1.33. The monoisotopic (exact) mass is 396 g/mol. The van der Waals surface area contributed by atoms with Crippen LogP contribution in [0.5, 0.6) is 0 Å². The lowest BCUT2D eigenvalue weighted by atomic mass is 10.1. The lowest BCUT2D eigenvalue weighted by molar-refractivity contribution is -0.151. The summed E-state index contributed by atoms with van der Waals surface area (Å²) in [6.45, 7) is 7.87. The van der Waals surface area contributed by atoms with Crippen molar-refractivity contribution in [2.24, 2.45) is 0 Å². The molecule has 28 heavy (non-hydrogen) atoms. The lowest BCUT2D eigenvalue weighted by Gasteiger charge is -2.03. The van der Waals surface area contributed by atoms with E-state index < -0.39 is 11.9 Å². The van der Waals surface area contributed by atoms with E-state index in [0.29, 0.717) is 37.2 Å². The number of hydrogen-bond donors (Lipinski definition) is 0. The topological polar surface area (TPSA) is 105 Å². The van der Waals surface area contributed by atoms with Gasteiger partial charge in [0, 0.05) is 12.8 Å². The first-order valence-electron chi connectivity index (χ1n) is 9.14. The standard InChI is InChI=1S/C12H14O4.C8H14O4/c1-3-15-11(13)9-5-7-10(8-6-9)12(14)16-4-2;1-3-7(9)11-5-6-12-8(10)4-2/h5-8H,3-4H2,1-2H3;3-6H2,1-2H3. The van der Waals surface area contributed by atoms with Gasteiger partial charge in [0.25, 0.3) is 0 Å². The Kier molecular flexibility index (Phi) is 13.6. The third kappa shape index (κ3) is 10.9. The van der Waals surface area contributed by atoms with Gasteiger partial charge in [0.1, 0.15) is 13.2 Å². The highest BCUT2D eigenvalue weighted by molar-refractivity contribution is 5.93. The van der Waals surface area contributed by atoms with Gasteiger partial charge in [-0.05, 0) is 38.1 Å². The fourth-order valence-electron chi connectivity index (χ4n) is 1.69. The molecule has 0 amide bonds. The van der Waals surface area contributed by atoms with E-state index in [0.717, 1.165) is 0 Å². The van der Waals surface area contributed by atoms with Gasteiger partial charge in [0.2, 0.25) is 0 Å². The SMILES string of the molecule is CCC(=O)OCCOC(=O)CC.CCOC(=O)c1ccc(C(=O)OCC)cc1. The fourth-order valence-corrected chi connectivity index (χ4v) is 1.69. The van der Waals surface area contributed by atoms with Crippen molar-refractivity contribution < 1.29 is 38.1 Å². The normalized spacial score (nSPS) is 9.43. The maximum Gasteiger partial charge on any atom is 0.338 e. The Labute approximate surface area is 165 Å². The Balaban J connectivity index is 0.000000546. The second kappa shape index (κ2) is 15.2. The van der Waals surface area contributed by atoms with E-state index in [1.165, 1.54) is 0 Å². The maximum atomic E-state index is 11.3. The minimum absolute atomic E-state index is 0.151. The second-order valence-electron chi connectivity index (χ2n) is 5.17. The van der Waals surface area contributed by atoms with E-state index in [9.17, 15) is 19.2 Å². The number of rotatable bonds is 9. The minimum atomic E-state index is -0.391. The van der Waals surface area contributed by atoms with Gasteiger partial charge in [-0.25, -0.2) is 9.59 Å². The van der Waals surface area contributed by atoms with Crippen molar-refractivity contribution in [1.29, 1.82) is 0 Å². The molecule has 0 bridgehead atoms. The molecule has 8 nitrogen and oxygen atoms in total. The molecule has 0 saturated heterocycles. The fraction of sp³-hybridized carbons (Fsp3) is 0.500. The van der Waals surface area contributed by atoms with Crippen molar-refractivity contribution in [2.45, 2.75) is 40.5 Å². The van der Waals surface area contributed by atoms with Crippen LogP contribution in [0.15, 0.2) is 24.3 Å². The third-order valence-electron chi connectivity index (χ3n) is 3.09. The van der Waals surface area contributed by atoms with E-state index in [1.807, 2.05) is 0 Å². The van der Waals surface area contributed by atoms with E-state index in [1.54, 1.807) is 52.0 Å². The molecule has 0 fully saturated rings. The van der Waals surface area contributed by atoms with Crippen molar-refractivity contribution in [3.63, 3.8) is 0 Å². The van der Waals surface area contributed by atoms with Gasteiger partial charge in [-0.3, -0.25) is 9.59 Å². The average Bonchev–Trinajstić information content (AvgIpc) is 2.71. The van der Waals surface area contributed by atoms with Crippen LogP contribution >= 0.6 is 0 Å². The van der Waals surface area contributed by atoms with Gasteiger partial charge in [-0.2, -0.15) is 0 Å². The summed E-state index contributed by atoms with van der Waals surface area (Å²) >= 11 is 0. The van der Waals surface area contributed by atoms with Crippen LogP contribution in [0.3, 0.4) is 0 Å². The summed E-state index contributed by atoms with van der Waals surface area (Å²) in [7, 11) is 0. The molecular weight excluding hydrogens is 368 g/mol. The highest BCUT2D eigenvalue weighted by Crippen LogP contribution is 2.07. The van der Waals surface area contributed by atoms with Gasteiger partial charge < -0.3 is 18.9 Å². The predicted molar refractivity (Wildman–Crippen MR) is 101 cm³/mol. The van der Waals surface area contributed by atoms with Gasteiger partial charge in [-0.15, -0.1) is 0 Å². The largest absolute Gasteiger partial charge is 0.462 e. The van der Waals surface area contributed by atoms with Gasteiger partial charge in [0.15, 0.2) is 0 Å². The summed E-state index contributed by atoms with van der Waals surface area (Å²) in [6.07, 6.45) is 0.698. The molecule has 156 valence electrons. The van der Waals surface area contributed by atoms with Crippen molar-refractivity contribution in [1.82, 2.24) is 0 Å². The summed E-state index contributed by atoms with van der Waals surface area (Å²) in [5.41, 5.74) is 0.852. The molecule has 0 unspecified atom stereocenters. The zero-order valence-corrected chi connectivity index (χ0v) is 16.8. The number of esters is 4. The van der Waals surface area contributed by atoms with Crippen LogP contribution in [0.4, 0.5) is 0 Å². The van der Waals surface area contributed by atoms with Crippen LogP contribution in [0.1, 0.15) is 61.3 Å². The van der Waals surface area contributed by atoms with E-state index >= 15 is 0 Å². The quantitative estimate of drug-likeness (QED) is 0.356. The molecule has 0 spiro atoms. The first-order valence-corrected chi connectivity index (χ1v) is 9.14. The molecular formula is C20H28O8. The molecule has 1 rings (SSSR count). The number of hydrogen-bond acceptors (Lipinski definition) is 8. The van der Waals surface area contributed by atoms with Crippen LogP contribution < -0.4 is 0 Å². The molecule has 0 N–H and O–H groups in total. The summed E-state index contributed by atoms with van der Waals surface area (Å²) in [5, 5.41) is 0. The zero-order chi connectivity index (χ0) is 21.4. The molecule has 0 heterocycles. The van der Waals surface area contributed by atoms with Gasteiger partial charge in [0.05, 0.1) is 24.3 Å². The van der Waals surface area contributed by atoms with E-state index in [-0.39, 0.29) is 25.2 Å². The minimum Gasteiger partial charge on any atom is -0.462 e. The Morgan fingerprint density at radius 1 is 0.607 bits per heavy atom. The van der Waals surface area contributed by atoms with E-state index in [2.05, 4.69) is 9.47 Å². The summed E-state index contributed by atoms with van der Waals surface area (Å²) in [6, 6.07) is 6.18. The van der Waals surface area contributed by atoms with Crippen LogP contribution in [0, 0.1) is 0 Å². The molecule has 1 aromatic rings. The summed E-state index contributed by atoms with van der Waals surface area (Å²) < 4.78 is 19.0. The molecule has 0 atom stereocenters. The molecule has 0 aromatic heterocycles. The molecule has 0 aliphatic heterocycles. The van der Waals surface area contributed by atoms with Crippen molar-refractivity contribution in [3.8, 4) is 0 Å². The predicted octanol–water partition coefficient (Wildman–Crippen LogP) is 2.93. The van der Waals surface area contributed by atoms with Crippen molar-refractivity contribution in [2.75, 3.05) is 26.4 Å². The number of carbonyl (C=O) groups excluding carboxylic acids is 4. The van der Waals surface area contributed by atoms with Crippen LogP contribution in [-0.4, -0.2) is 50.3 Å². The third-order valence-corrected chi connectivity index (χ3v) is 3.09. The molecule has 0 radical (unpaired) electrons. The Morgan fingerprint density at radius 3 is 1.18 bits per heavy atom. The second-order valence-corrected chi connectivity index (χ2v) is 5.17. The van der Waals surface area contributed by atoms with Crippen molar-refractivity contribution in [3.05, 3.63) is 35.4 Å². The lowest BCUT2D eigenvalue weighted by Crippen LogP contribution is -2.12. The van der Waals surface area contributed by atoms with Gasteiger partial charge >= 0.3 is 23.9 Å². The first kappa shape index (κ1) is 25.1. The zero-order valence-electron chi connectivity index (χ0n) is 16.8. The Hall–Kier alpha value is -2.90. The smallest absolute Gasteiger partial charge is 0.338 e. The Bertz CT molecular complexity index is 567. The van der Waals surface area contributed by atoms with E-state index in [4.69, 9.17) is 9.47 Å². The average molecular weight is 396 g/mol. The molecule has 0 saturated carbocycles. The number of benzene rings is 1. The maximum absolute atomic E-state index is 11.3. The molecule has 0 aliphatic rings. The summed E-state index contributed by atoms with van der Waals surface area (Å²) in [4.78, 5) is 43.8. The van der Waals surface area contributed by atoms with Crippen molar-refractivity contribution >= 4 is 23.9 Å². The highest BCUT2D eigenvalue weighted by Gasteiger charge is 2.09. The molecule has 1 aromatic carbocycles. The molecule has 0 aliphatic carbocycles. The number of carbonyl (C=O) groups is 4. The molecule has 8 heteroatoms. The highest BCUT2D eigenvalue weighted by atomic mass is 16.6. The van der Waals surface area contributed by atoms with Crippen LogP contribution in [-0.2, 0) is 28.5 Å². The van der Waals surface area contributed by atoms with Crippen LogP contribution in [0.2, 0.25) is 0 Å². The first-order chi connectivity index (χ1) is 13.4. The number of ether oxygens (including phenoxy) is 4. The Morgan fingerprint density at radius 2 is 0.929 bits per heavy atom. The van der Waals surface area contributed by atoms with Gasteiger partial charge in [-0.1, -0.05) is 13.8 Å².